The van der Waals surface area contributed by atoms with E-state index in [9.17, 15) is 5.11 Å². The Hall–Kier alpha value is -3.20. The minimum atomic E-state index is -0.503. The number of hydrogen-bond donors (Lipinski definition) is 3. The number of aromatic hydroxyl groups is 1. The second-order valence-corrected chi connectivity index (χ2v) is 12.3. The normalized spacial score (nSPS) is 23.1. The molecule has 3 fully saturated rings. The molecule has 4 aromatic rings. The zero-order valence-corrected chi connectivity index (χ0v) is 23.5. The number of phenolic OH excluding ortho intramolecular Hbond substituents is 1. The van der Waals surface area contributed by atoms with E-state index in [1.807, 2.05) is 24.3 Å². The smallest absolute Gasteiger partial charge is 0.228 e. The van der Waals surface area contributed by atoms with E-state index in [1.54, 1.807) is 18.2 Å². The van der Waals surface area contributed by atoms with Gasteiger partial charge in [0.25, 0.3) is 0 Å². The minimum absolute atomic E-state index is 0.0572. The van der Waals surface area contributed by atoms with Crippen LogP contribution in [-0.2, 0) is 0 Å². The summed E-state index contributed by atoms with van der Waals surface area (Å²) < 4.78 is 16.7. The molecule has 7 rings (SSSR count). The predicted molar refractivity (Wildman–Crippen MR) is 160 cm³/mol. The summed E-state index contributed by atoms with van der Waals surface area (Å²) in [7, 11) is 4.13. The van der Waals surface area contributed by atoms with E-state index < -0.39 is 5.82 Å². The van der Waals surface area contributed by atoms with Gasteiger partial charge in [-0.15, -0.1) is 0 Å². The van der Waals surface area contributed by atoms with Crippen LogP contribution in [0.4, 0.5) is 16.2 Å². The van der Waals surface area contributed by atoms with Crippen LogP contribution < -0.4 is 15.5 Å². The number of rotatable bonds is 5. The van der Waals surface area contributed by atoms with Crippen LogP contribution in [0.5, 0.6) is 5.75 Å². The van der Waals surface area contributed by atoms with Crippen molar-refractivity contribution in [1.29, 1.82) is 0 Å². The second kappa shape index (κ2) is 10.0. The fourth-order valence-corrected chi connectivity index (χ4v) is 7.00. The van der Waals surface area contributed by atoms with Crippen LogP contribution in [-0.4, -0.2) is 71.3 Å². The van der Waals surface area contributed by atoms with Gasteiger partial charge in [0.05, 0.1) is 5.02 Å². The summed E-state index contributed by atoms with van der Waals surface area (Å²) in [5.74, 6) is 0.708. The molecule has 2 bridgehead atoms. The monoisotopic (exact) mass is 560 g/mol. The van der Waals surface area contributed by atoms with E-state index in [1.165, 1.54) is 19.3 Å². The molecular formula is C31H34ClFN6O. The maximum Gasteiger partial charge on any atom is 0.228 e. The summed E-state index contributed by atoms with van der Waals surface area (Å²) in [6.07, 6.45) is 5.66. The Bertz CT molecular complexity index is 1590. The molecule has 9 heteroatoms. The Balaban J connectivity index is 1.36. The number of benzene rings is 3. The summed E-state index contributed by atoms with van der Waals surface area (Å²) in [6.45, 7) is 1.57. The topological polar surface area (TPSA) is 76.5 Å². The third-order valence-electron chi connectivity index (χ3n) is 8.92. The van der Waals surface area contributed by atoms with Gasteiger partial charge in [-0.3, -0.25) is 0 Å². The van der Waals surface area contributed by atoms with Crippen molar-refractivity contribution in [2.45, 2.75) is 56.3 Å². The van der Waals surface area contributed by atoms with Crippen LogP contribution in [0.3, 0.4) is 0 Å². The number of fused-ring (bicyclic) bond motifs is 4. The van der Waals surface area contributed by atoms with E-state index in [0.29, 0.717) is 40.8 Å². The summed E-state index contributed by atoms with van der Waals surface area (Å²) in [5.41, 5.74) is 1.02. The van der Waals surface area contributed by atoms with Crippen molar-refractivity contribution in [2.75, 3.05) is 37.4 Å². The number of nitrogens with one attached hydrogen (secondary N) is 2. The van der Waals surface area contributed by atoms with Crippen LogP contribution >= 0.6 is 11.6 Å². The van der Waals surface area contributed by atoms with Crippen molar-refractivity contribution in [1.82, 2.24) is 20.2 Å². The first kappa shape index (κ1) is 25.7. The van der Waals surface area contributed by atoms with Gasteiger partial charge in [-0.1, -0.05) is 42.3 Å². The molecule has 3 aromatic carbocycles. The molecule has 1 aromatic heterocycles. The van der Waals surface area contributed by atoms with Crippen LogP contribution in [0.25, 0.3) is 32.8 Å². The van der Waals surface area contributed by atoms with E-state index in [4.69, 9.17) is 21.6 Å². The Labute approximate surface area is 238 Å². The number of phenols is 1. The summed E-state index contributed by atoms with van der Waals surface area (Å²) >= 11 is 6.85. The van der Waals surface area contributed by atoms with Gasteiger partial charge in [-0.2, -0.15) is 4.98 Å². The fourth-order valence-electron chi connectivity index (χ4n) is 6.71. The lowest BCUT2D eigenvalue weighted by Gasteiger charge is -2.43. The average Bonchev–Trinajstić information content (AvgIpc) is 2.88. The van der Waals surface area contributed by atoms with Gasteiger partial charge in [0, 0.05) is 48.2 Å². The Kier molecular flexibility index (Phi) is 6.45. The molecule has 0 saturated carbocycles. The summed E-state index contributed by atoms with van der Waals surface area (Å²) in [5, 5.41) is 20.4. The van der Waals surface area contributed by atoms with Gasteiger partial charge in [0.15, 0.2) is 5.82 Å². The van der Waals surface area contributed by atoms with E-state index in [-0.39, 0.29) is 27.9 Å². The predicted octanol–water partition coefficient (Wildman–Crippen LogP) is 5.78. The molecule has 4 heterocycles. The van der Waals surface area contributed by atoms with Crippen molar-refractivity contribution >= 4 is 45.0 Å². The largest absolute Gasteiger partial charge is 0.508 e. The van der Waals surface area contributed by atoms with Gasteiger partial charge in [-0.05, 0) is 74.3 Å². The van der Waals surface area contributed by atoms with E-state index >= 15 is 4.39 Å². The third kappa shape index (κ3) is 4.52. The molecule has 3 aliphatic heterocycles. The van der Waals surface area contributed by atoms with Gasteiger partial charge in [0.2, 0.25) is 5.95 Å². The highest BCUT2D eigenvalue weighted by molar-refractivity contribution is 6.35. The highest BCUT2D eigenvalue weighted by Gasteiger charge is 2.34. The number of anilines is 2. The third-order valence-corrected chi connectivity index (χ3v) is 9.22. The first-order valence-corrected chi connectivity index (χ1v) is 14.6. The molecule has 0 amide bonds. The van der Waals surface area contributed by atoms with Crippen molar-refractivity contribution in [3.8, 4) is 16.9 Å². The SMILES string of the molecule is CN(C)C1CN(c2nc(NC3C[C@H]4CCC[C@@H](C3)N4)c3cc(Cl)c(-c4cc(O)cc5ccccc45)c(F)c3n2)C1. The quantitative estimate of drug-likeness (QED) is 0.285. The lowest BCUT2D eigenvalue weighted by molar-refractivity contribution is 0.230. The molecule has 40 heavy (non-hydrogen) atoms. The van der Waals surface area contributed by atoms with Crippen LogP contribution in [0.15, 0.2) is 42.5 Å². The van der Waals surface area contributed by atoms with Crippen LogP contribution in [0.2, 0.25) is 5.02 Å². The van der Waals surface area contributed by atoms with Crippen LogP contribution in [0, 0.1) is 5.82 Å². The molecule has 0 aliphatic carbocycles. The molecule has 3 saturated heterocycles. The molecule has 208 valence electrons. The van der Waals surface area contributed by atoms with Crippen molar-refractivity contribution in [2.24, 2.45) is 0 Å². The minimum Gasteiger partial charge on any atom is -0.508 e. The zero-order chi connectivity index (χ0) is 27.5. The Morgan fingerprint density at radius 2 is 1.80 bits per heavy atom. The molecule has 0 radical (unpaired) electrons. The number of nitrogens with zero attached hydrogens (tertiary/aromatic N) is 4. The molecule has 3 atom stereocenters. The lowest BCUT2D eigenvalue weighted by atomic mass is 9.84. The van der Waals surface area contributed by atoms with Crippen LogP contribution in [0.1, 0.15) is 32.1 Å². The number of halogens is 2. The maximum absolute atomic E-state index is 16.7. The molecule has 7 nitrogen and oxygen atoms in total. The number of aromatic nitrogens is 2. The van der Waals surface area contributed by atoms with E-state index in [2.05, 4.69) is 34.5 Å². The lowest BCUT2D eigenvalue weighted by Crippen LogP contribution is -2.58. The standard InChI is InChI=1S/C31H34ClFN6O/c1-38(2)21-15-39(16-21)31-36-29-25(30(37-31)35-20-11-18-7-5-8-19(12-20)34-18)14-26(32)27(28(29)33)24-13-22(40)10-17-6-3-4-9-23(17)24/h3-4,6,9-10,13-14,18-21,34,40H,5,7-8,11-12,15-16H2,1-2H3,(H,35,36,37)/t18-,19+,20?. The fraction of sp³-hybridized carbons (Fsp3) is 0.419. The van der Waals surface area contributed by atoms with E-state index in [0.717, 1.165) is 36.7 Å². The highest BCUT2D eigenvalue weighted by Crippen LogP contribution is 2.42. The van der Waals surface area contributed by atoms with Crippen molar-refractivity contribution < 1.29 is 9.50 Å². The molecular weight excluding hydrogens is 527 g/mol. The van der Waals surface area contributed by atoms with Crippen molar-refractivity contribution in [3.63, 3.8) is 0 Å². The maximum atomic E-state index is 16.7. The second-order valence-electron chi connectivity index (χ2n) is 11.9. The molecule has 3 aliphatic rings. The number of likely N-dealkylation sites (N-methyl/N-ethyl adjacent to an activating group) is 1. The molecule has 1 unspecified atom stereocenters. The Morgan fingerprint density at radius 3 is 2.55 bits per heavy atom. The van der Waals surface area contributed by atoms with Crippen molar-refractivity contribution in [3.05, 3.63) is 53.3 Å². The Morgan fingerprint density at radius 1 is 1.05 bits per heavy atom. The van der Waals surface area contributed by atoms with Gasteiger partial charge >= 0.3 is 0 Å². The molecule has 3 N–H and O–H groups in total. The van der Waals surface area contributed by atoms with Gasteiger partial charge < -0.3 is 25.5 Å². The summed E-state index contributed by atoms with van der Waals surface area (Å²) in [6, 6.07) is 14.3. The molecule has 0 spiro atoms. The highest BCUT2D eigenvalue weighted by atomic mass is 35.5. The first-order valence-electron chi connectivity index (χ1n) is 14.2. The van der Waals surface area contributed by atoms with Gasteiger partial charge in [-0.25, -0.2) is 9.37 Å². The number of hydrogen-bond acceptors (Lipinski definition) is 7. The van der Waals surface area contributed by atoms with Gasteiger partial charge in [0.1, 0.15) is 17.1 Å². The average molecular weight is 561 g/mol. The summed E-state index contributed by atoms with van der Waals surface area (Å²) in [4.78, 5) is 14.0. The first-order chi connectivity index (χ1) is 19.3. The number of piperidine rings is 2. The zero-order valence-electron chi connectivity index (χ0n) is 22.8.